The molecule has 1 aromatic heterocycles. The SMILES string of the molecule is CCN(CC)S(=O)(=O)c1ccc(=O)n(CC(=O)Nc2cc(C)ccc2F)c1. The van der Waals surface area contributed by atoms with E-state index in [0.717, 1.165) is 22.4 Å². The van der Waals surface area contributed by atoms with E-state index in [-0.39, 0.29) is 23.7 Å². The fourth-order valence-electron chi connectivity index (χ4n) is 2.58. The van der Waals surface area contributed by atoms with Crippen LogP contribution in [-0.2, 0) is 21.4 Å². The molecule has 2 rings (SSSR count). The van der Waals surface area contributed by atoms with Crippen molar-refractivity contribution in [1.82, 2.24) is 8.87 Å². The Morgan fingerprint density at radius 1 is 1.19 bits per heavy atom. The molecule has 0 aliphatic heterocycles. The molecule has 0 saturated heterocycles. The first-order chi connectivity index (χ1) is 12.7. The number of hydrogen-bond donors (Lipinski definition) is 1. The van der Waals surface area contributed by atoms with E-state index in [2.05, 4.69) is 5.32 Å². The van der Waals surface area contributed by atoms with Crippen molar-refractivity contribution in [3.8, 4) is 0 Å². The molecule has 1 amide bonds. The molecule has 0 aliphatic rings. The number of rotatable bonds is 7. The van der Waals surface area contributed by atoms with Crippen LogP contribution in [0.25, 0.3) is 0 Å². The molecule has 0 fully saturated rings. The molecular weight excluding hydrogens is 373 g/mol. The molecule has 2 aromatic rings. The zero-order valence-electron chi connectivity index (χ0n) is 15.4. The van der Waals surface area contributed by atoms with Gasteiger partial charge in [-0.05, 0) is 30.7 Å². The van der Waals surface area contributed by atoms with Gasteiger partial charge < -0.3 is 9.88 Å². The number of pyridine rings is 1. The molecule has 0 spiro atoms. The first-order valence-corrected chi connectivity index (χ1v) is 9.89. The fraction of sp³-hybridized carbons (Fsp3) is 0.333. The van der Waals surface area contributed by atoms with Crippen molar-refractivity contribution in [3.05, 3.63) is 58.3 Å². The van der Waals surface area contributed by atoms with Crippen molar-refractivity contribution in [1.29, 1.82) is 0 Å². The lowest BCUT2D eigenvalue weighted by atomic mass is 10.2. The Morgan fingerprint density at radius 3 is 2.48 bits per heavy atom. The van der Waals surface area contributed by atoms with Crippen molar-refractivity contribution in [3.63, 3.8) is 0 Å². The summed E-state index contributed by atoms with van der Waals surface area (Å²) in [5.74, 6) is -1.24. The van der Waals surface area contributed by atoms with E-state index in [4.69, 9.17) is 0 Å². The molecule has 0 saturated carbocycles. The van der Waals surface area contributed by atoms with Gasteiger partial charge in [0, 0.05) is 25.4 Å². The van der Waals surface area contributed by atoms with E-state index in [9.17, 15) is 22.4 Å². The van der Waals surface area contributed by atoms with Crippen molar-refractivity contribution in [2.24, 2.45) is 0 Å². The molecule has 7 nitrogen and oxygen atoms in total. The van der Waals surface area contributed by atoms with Crippen molar-refractivity contribution >= 4 is 21.6 Å². The monoisotopic (exact) mass is 395 g/mol. The topological polar surface area (TPSA) is 88.5 Å². The average molecular weight is 395 g/mol. The normalized spacial score (nSPS) is 11.6. The Labute approximate surface area is 157 Å². The Bertz CT molecular complexity index is 998. The number of sulfonamides is 1. The Kier molecular flexibility index (Phi) is 6.50. The summed E-state index contributed by atoms with van der Waals surface area (Å²) in [4.78, 5) is 24.1. The lowest BCUT2D eigenvalue weighted by Gasteiger charge is -2.19. The smallest absolute Gasteiger partial charge is 0.251 e. The van der Waals surface area contributed by atoms with Gasteiger partial charge in [0.05, 0.1) is 10.6 Å². The third-order valence-electron chi connectivity index (χ3n) is 4.01. The molecule has 0 atom stereocenters. The minimum Gasteiger partial charge on any atom is -0.322 e. The lowest BCUT2D eigenvalue weighted by molar-refractivity contribution is -0.116. The van der Waals surface area contributed by atoms with Crippen LogP contribution in [0.1, 0.15) is 19.4 Å². The average Bonchev–Trinajstić information content (AvgIpc) is 2.60. The number of carbonyl (C=O) groups is 1. The highest BCUT2D eigenvalue weighted by Crippen LogP contribution is 2.16. The van der Waals surface area contributed by atoms with Crippen molar-refractivity contribution in [2.45, 2.75) is 32.2 Å². The van der Waals surface area contributed by atoms with Gasteiger partial charge in [-0.1, -0.05) is 19.9 Å². The van der Waals surface area contributed by atoms with Gasteiger partial charge in [0.2, 0.25) is 15.9 Å². The van der Waals surface area contributed by atoms with E-state index in [1.807, 2.05) is 0 Å². The van der Waals surface area contributed by atoms with Crippen LogP contribution in [0.15, 0.2) is 46.2 Å². The summed E-state index contributed by atoms with van der Waals surface area (Å²) in [5, 5.41) is 2.40. The first-order valence-electron chi connectivity index (χ1n) is 8.45. The van der Waals surface area contributed by atoms with Crippen LogP contribution in [0.4, 0.5) is 10.1 Å². The van der Waals surface area contributed by atoms with Crippen LogP contribution in [0.2, 0.25) is 0 Å². The molecule has 1 heterocycles. The minimum absolute atomic E-state index is 0.0000313. The van der Waals surface area contributed by atoms with Gasteiger partial charge in [-0.25, -0.2) is 12.8 Å². The van der Waals surface area contributed by atoms with Crippen LogP contribution in [0.3, 0.4) is 0 Å². The highest BCUT2D eigenvalue weighted by Gasteiger charge is 2.22. The van der Waals surface area contributed by atoms with E-state index in [1.54, 1.807) is 26.8 Å². The minimum atomic E-state index is -3.77. The van der Waals surface area contributed by atoms with Gasteiger partial charge in [-0.3, -0.25) is 9.59 Å². The quantitative estimate of drug-likeness (QED) is 0.776. The van der Waals surface area contributed by atoms with Gasteiger partial charge in [0.1, 0.15) is 12.4 Å². The van der Waals surface area contributed by atoms with Crippen LogP contribution < -0.4 is 10.9 Å². The largest absolute Gasteiger partial charge is 0.322 e. The van der Waals surface area contributed by atoms with Crippen LogP contribution >= 0.6 is 0 Å². The summed E-state index contributed by atoms with van der Waals surface area (Å²) in [6.07, 6.45) is 1.13. The highest BCUT2D eigenvalue weighted by atomic mass is 32.2. The van der Waals surface area contributed by atoms with Crippen LogP contribution in [0.5, 0.6) is 0 Å². The Balaban J connectivity index is 2.27. The number of aryl methyl sites for hydroxylation is 1. The number of halogens is 1. The molecule has 0 radical (unpaired) electrons. The van der Waals surface area contributed by atoms with E-state index in [0.29, 0.717) is 0 Å². The second kappa shape index (κ2) is 8.45. The van der Waals surface area contributed by atoms with Crippen molar-refractivity contribution in [2.75, 3.05) is 18.4 Å². The second-order valence-corrected chi connectivity index (χ2v) is 7.89. The molecular formula is C18H22FN3O4S. The van der Waals surface area contributed by atoms with Gasteiger partial charge in [-0.15, -0.1) is 0 Å². The lowest BCUT2D eigenvalue weighted by Crippen LogP contribution is -2.33. The van der Waals surface area contributed by atoms with Crippen LogP contribution in [0, 0.1) is 12.7 Å². The second-order valence-electron chi connectivity index (χ2n) is 5.95. The number of aromatic nitrogens is 1. The zero-order chi connectivity index (χ0) is 20.2. The van der Waals surface area contributed by atoms with Gasteiger partial charge in [0.15, 0.2) is 0 Å². The van der Waals surface area contributed by atoms with Gasteiger partial charge in [0.25, 0.3) is 5.56 Å². The van der Waals surface area contributed by atoms with Gasteiger partial charge >= 0.3 is 0 Å². The molecule has 0 unspecified atom stereocenters. The number of hydrogen-bond acceptors (Lipinski definition) is 4. The number of benzene rings is 1. The number of nitrogens with zero attached hydrogens (tertiary/aromatic N) is 2. The van der Waals surface area contributed by atoms with Gasteiger partial charge in [-0.2, -0.15) is 4.31 Å². The molecule has 1 N–H and O–H groups in total. The maximum absolute atomic E-state index is 13.8. The number of nitrogens with one attached hydrogen (secondary N) is 1. The summed E-state index contributed by atoms with van der Waals surface area (Å²) < 4.78 is 41.2. The summed E-state index contributed by atoms with van der Waals surface area (Å²) in [5.41, 5.74) is 0.226. The Morgan fingerprint density at radius 2 is 1.85 bits per heavy atom. The first kappa shape index (κ1) is 20.8. The number of amides is 1. The molecule has 0 aliphatic carbocycles. The molecule has 1 aromatic carbocycles. The maximum Gasteiger partial charge on any atom is 0.251 e. The van der Waals surface area contributed by atoms with Crippen LogP contribution in [-0.4, -0.2) is 36.3 Å². The molecule has 9 heteroatoms. The zero-order valence-corrected chi connectivity index (χ0v) is 16.2. The molecule has 27 heavy (non-hydrogen) atoms. The standard InChI is InChI=1S/C18H22FN3O4S/c1-4-22(5-2)27(25,26)14-7-9-18(24)21(11-14)12-17(23)20-16-10-13(3)6-8-15(16)19/h6-11H,4-5,12H2,1-3H3,(H,20,23). The summed E-state index contributed by atoms with van der Waals surface area (Å²) in [7, 11) is -3.77. The summed E-state index contributed by atoms with van der Waals surface area (Å²) >= 11 is 0. The van der Waals surface area contributed by atoms with E-state index < -0.39 is 33.9 Å². The third-order valence-corrected chi connectivity index (χ3v) is 6.04. The van der Waals surface area contributed by atoms with E-state index in [1.165, 1.54) is 22.5 Å². The summed E-state index contributed by atoms with van der Waals surface area (Å²) in [6, 6.07) is 6.57. The predicted octanol–water partition coefficient (Wildman–Crippen LogP) is 1.97. The van der Waals surface area contributed by atoms with E-state index >= 15 is 0 Å². The number of anilines is 1. The number of carbonyl (C=O) groups excluding carboxylic acids is 1. The maximum atomic E-state index is 13.8. The molecule has 0 bridgehead atoms. The predicted molar refractivity (Wildman–Crippen MR) is 101 cm³/mol. The highest BCUT2D eigenvalue weighted by molar-refractivity contribution is 7.89. The van der Waals surface area contributed by atoms with Crippen molar-refractivity contribution < 1.29 is 17.6 Å². The fourth-order valence-corrected chi connectivity index (χ4v) is 4.06. The molecule has 146 valence electrons. The third kappa shape index (κ3) is 4.81. The Hall–Kier alpha value is -2.52. The summed E-state index contributed by atoms with van der Waals surface area (Å²) in [6.45, 7) is 5.30.